The number of hydrogen-bond acceptors (Lipinski definition) is 3. The Morgan fingerprint density at radius 1 is 0.938 bits per heavy atom. The van der Waals surface area contributed by atoms with Crippen molar-refractivity contribution in [3.05, 3.63) is 0 Å². The summed E-state index contributed by atoms with van der Waals surface area (Å²) < 4.78 is 5.41. The Labute approximate surface area is 99.2 Å². The van der Waals surface area contributed by atoms with Crippen LogP contribution in [0.2, 0.25) is 0 Å². The van der Waals surface area contributed by atoms with Crippen LogP contribution in [-0.2, 0) is 9.53 Å². The number of unbranched alkanes of at least 4 members (excludes halogenated alkanes) is 6. The lowest BCUT2D eigenvalue weighted by molar-refractivity contribution is -0.305. The molecule has 0 bridgehead atoms. The van der Waals surface area contributed by atoms with Crippen LogP contribution in [0.5, 0.6) is 0 Å². The van der Waals surface area contributed by atoms with Crippen LogP contribution in [0, 0.1) is 0 Å². The third-order valence-electron chi connectivity index (χ3n) is 2.56. The van der Waals surface area contributed by atoms with Gasteiger partial charge in [0, 0.05) is 19.2 Å². The molecule has 0 saturated carbocycles. The summed E-state index contributed by atoms with van der Waals surface area (Å²) in [6.07, 6.45) is 9.29. The van der Waals surface area contributed by atoms with Gasteiger partial charge in [-0.3, -0.25) is 0 Å². The van der Waals surface area contributed by atoms with Gasteiger partial charge in [-0.1, -0.05) is 39.0 Å². The van der Waals surface area contributed by atoms with Gasteiger partial charge in [-0.15, -0.1) is 0 Å². The molecular weight excluding hydrogens is 204 g/mol. The first-order valence-corrected chi connectivity index (χ1v) is 6.55. The average molecular weight is 229 g/mol. The Bertz CT molecular complexity index is 157. The van der Waals surface area contributed by atoms with Crippen LogP contribution < -0.4 is 5.11 Å². The second-order valence-electron chi connectivity index (χ2n) is 4.21. The second kappa shape index (κ2) is 12.5. The molecule has 0 aliphatic heterocycles. The first-order valence-electron chi connectivity index (χ1n) is 6.55. The normalized spacial score (nSPS) is 10.6. The van der Waals surface area contributed by atoms with Crippen molar-refractivity contribution in [2.75, 3.05) is 13.2 Å². The summed E-state index contributed by atoms with van der Waals surface area (Å²) in [6.45, 7) is 3.72. The number of rotatable bonds is 12. The maximum atomic E-state index is 10.1. The number of carbonyl (C=O) groups is 1. The number of ether oxygens (including phenoxy) is 1. The Kier molecular flexibility index (Phi) is 12.1. The number of carboxylic acid groups (broad SMARTS) is 1. The molecule has 0 aliphatic carbocycles. The first kappa shape index (κ1) is 15.4. The van der Waals surface area contributed by atoms with Crippen molar-refractivity contribution in [1.82, 2.24) is 0 Å². The summed E-state index contributed by atoms with van der Waals surface area (Å²) in [6, 6.07) is 0. The molecule has 0 spiro atoms. The van der Waals surface area contributed by atoms with Crippen LogP contribution >= 0.6 is 0 Å². The quantitative estimate of drug-likeness (QED) is 0.482. The maximum absolute atomic E-state index is 10.1. The number of carbonyl (C=O) groups excluding carboxylic acids is 1. The first-order chi connectivity index (χ1) is 7.77. The van der Waals surface area contributed by atoms with E-state index < -0.39 is 5.97 Å². The molecule has 16 heavy (non-hydrogen) atoms. The molecule has 0 aromatic carbocycles. The molecule has 0 N–H and O–H groups in total. The molecule has 0 aromatic heterocycles. The van der Waals surface area contributed by atoms with Crippen LogP contribution in [-0.4, -0.2) is 19.2 Å². The summed E-state index contributed by atoms with van der Waals surface area (Å²) in [5.74, 6) is -0.962. The monoisotopic (exact) mass is 229 g/mol. The molecule has 0 saturated heterocycles. The minimum Gasteiger partial charge on any atom is -0.550 e. The average Bonchev–Trinajstić information content (AvgIpc) is 2.25. The minimum atomic E-state index is -0.962. The Balaban J connectivity index is 2.90. The second-order valence-corrected chi connectivity index (χ2v) is 4.21. The summed E-state index contributed by atoms with van der Waals surface area (Å²) >= 11 is 0. The predicted molar refractivity (Wildman–Crippen MR) is 63.1 cm³/mol. The fourth-order valence-electron chi connectivity index (χ4n) is 1.56. The van der Waals surface area contributed by atoms with E-state index >= 15 is 0 Å². The number of carboxylic acids is 1. The molecule has 3 heteroatoms. The van der Waals surface area contributed by atoms with Gasteiger partial charge in [-0.25, -0.2) is 0 Å². The van der Waals surface area contributed by atoms with E-state index in [2.05, 4.69) is 6.92 Å². The molecule has 0 heterocycles. The van der Waals surface area contributed by atoms with Gasteiger partial charge in [0.1, 0.15) is 0 Å². The van der Waals surface area contributed by atoms with E-state index in [0.29, 0.717) is 13.0 Å². The van der Waals surface area contributed by atoms with Crippen LogP contribution in [0.25, 0.3) is 0 Å². The van der Waals surface area contributed by atoms with Gasteiger partial charge >= 0.3 is 0 Å². The van der Waals surface area contributed by atoms with E-state index in [1.807, 2.05) is 0 Å². The fourth-order valence-corrected chi connectivity index (χ4v) is 1.56. The summed E-state index contributed by atoms with van der Waals surface area (Å²) in [5, 5.41) is 10.1. The molecule has 0 fully saturated rings. The third kappa shape index (κ3) is 13.4. The topological polar surface area (TPSA) is 49.4 Å². The highest BCUT2D eigenvalue weighted by Gasteiger charge is 1.92. The number of aliphatic carboxylic acids is 1. The zero-order valence-electron chi connectivity index (χ0n) is 10.5. The zero-order chi connectivity index (χ0) is 12.1. The van der Waals surface area contributed by atoms with E-state index in [1.54, 1.807) is 0 Å². The fraction of sp³-hybridized carbons (Fsp3) is 0.923. The number of hydrogen-bond donors (Lipinski definition) is 0. The molecule has 96 valence electrons. The Morgan fingerprint density at radius 3 is 2.12 bits per heavy atom. The lowest BCUT2D eigenvalue weighted by Crippen LogP contribution is -2.21. The van der Waals surface area contributed by atoms with Crippen molar-refractivity contribution in [2.24, 2.45) is 0 Å². The van der Waals surface area contributed by atoms with Gasteiger partial charge in [-0.05, 0) is 25.7 Å². The third-order valence-corrected chi connectivity index (χ3v) is 2.56. The molecule has 0 unspecified atom stereocenters. The lowest BCUT2D eigenvalue weighted by Gasteiger charge is -2.04. The van der Waals surface area contributed by atoms with E-state index in [4.69, 9.17) is 4.74 Å². The van der Waals surface area contributed by atoms with Crippen LogP contribution in [0.15, 0.2) is 0 Å². The molecule has 0 aliphatic rings. The summed E-state index contributed by atoms with van der Waals surface area (Å²) in [4.78, 5) is 10.1. The molecule has 0 atom stereocenters. The molecule has 0 rings (SSSR count). The SMILES string of the molecule is CCCCCCCCOCCCCC(=O)[O-]. The summed E-state index contributed by atoms with van der Waals surface area (Å²) in [5.41, 5.74) is 0. The highest BCUT2D eigenvalue weighted by atomic mass is 16.5. The van der Waals surface area contributed by atoms with Gasteiger partial charge in [0.15, 0.2) is 0 Å². The van der Waals surface area contributed by atoms with Crippen molar-refractivity contribution in [3.8, 4) is 0 Å². The minimum absolute atomic E-state index is 0.153. The van der Waals surface area contributed by atoms with E-state index in [0.717, 1.165) is 19.4 Å². The van der Waals surface area contributed by atoms with Gasteiger partial charge in [0.2, 0.25) is 0 Å². The highest BCUT2D eigenvalue weighted by Crippen LogP contribution is 2.05. The van der Waals surface area contributed by atoms with Crippen molar-refractivity contribution in [3.63, 3.8) is 0 Å². The van der Waals surface area contributed by atoms with Crippen molar-refractivity contribution in [2.45, 2.75) is 64.7 Å². The smallest absolute Gasteiger partial charge is 0.0466 e. The molecule has 0 aromatic rings. The van der Waals surface area contributed by atoms with Gasteiger partial charge in [0.05, 0.1) is 0 Å². The van der Waals surface area contributed by atoms with Crippen LogP contribution in [0.4, 0.5) is 0 Å². The van der Waals surface area contributed by atoms with Crippen molar-refractivity contribution < 1.29 is 14.6 Å². The Hall–Kier alpha value is -0.570. The highest BCUT2D eigenvalue weighted by molar-refractivity contribution is 5.63. The largest absolute Gasteiger partial charge is 0.550 e. The Morgan fingerprint density at radius 2 is 1.50 bits per heavy atom. The molecule has 0 radical (unpaired) electrons. The predicted octanol–water partition coefficient (Wildman–Crippen LogP) is 2.28. The molecular formula is C13H25O3-. The molecule has 3 nitrogen and oxygen atoms in total. The van der Waals surface area contributed by atoms with Crippen molar-refractivity contribution >= 4 is 5.97 Å². The zero-order valence-corrected chi connectivity index (χ0v) is 10.5. The lowest BCUT2D eigenvalue weighted by atomic mass is 10.1. The van der Waals surface area contributed by atoms with Crippen molar-refractivity contribution in [1.29, 1.82) is 0 Å². The van der Waals surface area contributed by atoms with E-state index in [9.17, 15) is 9.90 Å². The molecule has 0 amide bonds. The van der Waals surface area contributed by atoms with E-state index in [-0.39, 0.29) is 6.42 Å². The summed E-state index contributed by atoms with van der Waals surface area (Å²) in [7, 11) is 0. The maximum Gasteiger partial charge on any atom is 0.0466 e. The van der Waals surface area contributed by atoms with Crippen LogP contribution in [0.3, 0.4) is 0 Å². The standard InChI is InChI=1S/C13H26O3/c1-2-3-4-5-6-8-11-16-12-9-7-10-13(14)15/h2-12H2,1H3,(H,14,15)/p-1. The van der Waals surface area contributed by atoms with E-state index in [1.165, 1.54) is 32.1 Å². The van der Waals surface area contributed by atoms with Gasteiger partial charge < -0.3 is 14.6 Å². The van der Waals surface area contributed by atoms with Gasteiger partial charge in [-0.2, -0.15) is 0 Å². The van der Waals surface area contributed by atoms with Crippen LogP contribution in [0.1, 0.15) is 64.7 Å². The van der Waals surface area contributed by atoms with Gasteiger partial charge in [0.25, 0.3) is 0 Å².